The van der Waals surface area contributed by atoms with Crippen molar-refractivity contribution in [1.82, 2.24) is 5.32 Å². The molecule has 0 aromatic rings. The first-order chi connectivity index (χ1) is 6.55. The van der Waals surface area contributed by atoms with E-state index >= 15 is 0 Å². The second kappa shape index (κ2) is 5.95. The molecule has 1 amide bonds. The van der Waals surface area contributed by atoms with E-state index in [-0.39, 0.29) is 19.1 Å². The summed E-state index contributed by atoms with van der Waals surface area (Å²) in [4.78, 5) is 11.4. The van der Waals surface area contributed by atoms with Crippen LogP contribution in [0.2, 0.25) is 0 Å². The number of carbonyl (C=O) groups is 1. The van der Waals surface area contributed by atoms with Crippen molar-refractivity contribution in [2.45, 2.75) is 31.9 Å². The molecule has 0 rings (SSSR count). The summed E-state index contributed by atoms with van der Waals surface area (Å²) in [6.07, 6.45) is -0.124. The van der Waals surface area contributed by atoms with Crippen LogP contribution in [0.1, 0.15) is 20.3 Å². The number of rotatable bonds is 6. The molecule has 0 fully saturated rings. The van der Waals surface area contributed by atoms with Crippen LogP contribution in [0.4, 0.5) is 0 Å². The van der Waals surface area contributed by atoms with Crippen molar-refractivity contribution < 1.29 is 19.7 Å². The van der Waals surface area contributed by atoms with Crippen molar-refractivity contribution in [2.24, 2.45) is 0 Å². The van der Waals surface area contributed by atoms with E-state index in [1.807, 2.05) is 0 Å². The first kappa shape index (κ1) is 13.4. The third-order valence-corrected chi connectivity index (χ3v) is 2.39. The van der Waals surface area contributed by atoms with Gasteiger partial charge in [-0.25, -0.2) is 0 Å². The predicted molar refractivity (Wildman–Crippen MR) is 51.8 cm³/mol. The molecule has 0 saturated heterocycles. The molecular formula is C9H19NO4. The highest BCUT2D eigenvalue weighted by Gasteiger charge is 2.30. The van der Waals surface area contributed by atoms with Crippen molar-refractivity contribution in [3.63, 3.8) is 0 Å². The van der Waals surface area contributed by atoms with Crippen LogP contribution in [-0.4, -0.2) is 48.1 Å². The lowest BCUT2D eigenvalue weighted by Crippen LogP contribution is -2.56. The van der Waals surface area contributed by atoms with Gasteiger partial charge < -0.3 is 20.3 Å². The highest BCUT2D eigenvalue weighted by atomic mass is 16.5. The number of carbonyl (C=O) groups excluding carboxylic acids is 1. The van der Waals surface area contributed by atoms with E-state index in [1.165, 1.54) is 7.11 Å². The van der Waals surface area contributed by atoms with Crippen LogP contribution in [-0.2, 0) is 9.53 Å². The average molecular weight is 205 g/mol. The standard InChI is InChI=1S/C9H19NO4/c1-4-9(5-11,6-12)10-8(13)7(2)14-3/h7,11-12H,4-6H2,1-3H3,(H,10,13). The summed E-state index contributed by atoms with van der Waals surface area (Å²) in [6.45, 7) is 2.80. The largest absolute Gasteiger partial charge is 0.394 e. The molecule has 0 spiro atoms. The SMILES string of the molecule is CCC(CO)(CO)NC(=O)C(C)OC. The highest BCUT2D eigenvalue weighted by Crippen LogP contribution is 2.08. The van der Waals surface area contributed by atoms with E-state index < -0.39 is 11.6 Å². The van der Waals surface area contributed by atoms with Crippen molar-refractivity contribution in [3.05, 3.63) is 0 Å². The van der Waals surface area contributed by atoms with Crippen molar-refractivity contribution in [3.8, 4) is 0 Å². The fraction of sp³-hybridized carbons (Fsp3) is 0.889. The monoisotopic (exact) mass is 205 g/mol. The zero-order valence-corrected chi connectivity index (χ0v) is 8.91. The molecule has 5 nitrogen and oxygen atoms in total. The molecule has 0 aliphatic heterocycles. The van der Waals surface area contributed by atoms with Gasteiger partial charge in [-0.05, 0) is 13.3 Å². The van der Waals surface area contributed by atoms with Crippen LogP contribution in [0.3, 0.4) is 0 Å². The van der Waals surface area contributed by atoms with E-state index in [0.29, 0.717) is 6.42 Å². The lowest BCUT2D eigenvalue weighted by atomic mass is 9.98. The smallest absolute Gasteiger partial charge is 0.249 e. The molecule has 0 heterocycles. The molecule has 3 N–H and O–H groups in total. The maximum Gasteiger partial charge on any atom is 0.249 e. The minimum atomic E-state index is -0.941. The minimum Gasteiger partial charge on any atom is -0.394 e. The molecule has 5 heteroatoms. The predicted octanol–water partition coefficient (Wildman–Crippen LogP) is -0.729. The van der Waals surface area contributed by atoms with E-state index in [1.54, 1.807) is 13.8 Å². The number of methoxy groups -OCH3 is 1. The number of amides is 1. The summed E-state index contributed by atoms with van der Waals surface area (Å²) in [7, 11) is 1.43. The van der Waals surface area contributed by atoms with Gasteiger partial charge in [0.2, 0.25) is 5.91 Å². The Balaban J connectivity index is 4.37. The van der Waals surface area contributed by atoms with Gasteiger partial charge in [-0.2, -0.15) is 0 Å². The van der Waals surface area contributed by atoms with Crippen LogP contribution in [0.25, 0.3) is 0 Å². The second-order valence-corrected chi connectivity index (χ2v) is 3.32. The number of hydrogen-bond acceptors (Lipinski definition) is 4. The molecule has 0 aliphatic rings. The summed E-state index contributed by atoms with van der Waals surface area (Å²) >= 11 is 0. The molecule has 0 radical (unpaired) electrons. The molecule has 0 aromatic carbocycles. The van der Waals surface area contributed by atoms with Gasteiger partial charge in [0, 0.05) is 7.11 Å². The molecule has 0 aromatic heterocycles. The number of ether oxygens (including phenoxy) is 1. The number of hydrogen-bond donors (Lipinski definition) is 3. The fourth-order valence-corrected chi connectivity index (χ4v) is 0.911. The first-order valence-electron chi connectivity index (χ1n) is 4.61. The Kier molecular flexibility index (Phi) is 5.68. The Labute approximate surface area is 84.1 Å². The van der Waals surface area contributed by atoms with Crippen LogP contribution in [0.5, 0.6) is 0 Å². The quantitative estimate of drug-likeness (QED) is 0.534. The van der Waals surface area contributed by atoms with E-state index in [4.69, 9.17) is 14.9 Å². The number of nitrogens with one attached hydrogen (secondary N) is 1. The normalized spacial score (nSPS) is 13.8. The van der Waals surface area contributed by atoms with E-state index in [0.717, 1.165) is 0 Å². The number of aliphatic hydroxyl groups is 2. The molecule has 1 unspecified atom stereocenters. The summed E-state index contributed by atoms with van der Waals surface area (Å²) in [5, 5.41) is 20.7. The maximum atomic E-state index is 11.4. The Morgan fingerprint density at radius 3 is 2.29 bits per heavy atom. The van der Waals surface area contributed by atoms with Crippen LogP contribution in [0.15, 0.2) is 0 Å². The van der Waals surface area contributed by atoms with Gasteiger partial charge in [0.1, 0.15) is 6.10 Å². The summed E-state index contributed by atoms with van der Waals surface area (Å²) in [5.41, 5.74) is -0.941. The molecule has 1 atom stereocenters. The van der Waals surface area contributed by atoms with Crippen LogP contribution >= 0.6 is 0 Å². The zero-order chi connectivity index (χ0) is 11.2. The molecule has 84 valence electrons. The van der Waals surface area contributed by atoms with Gasteiger partial charge in [-0.1, -0.05) is 6.92 Å². The van der Waals surface area contributed by atoms with Gasteiger partial charge in [-0.3, -0.25) is 4.79 Å². The van der Waals surface area contributed by atoms with Gasteiger partial charge in [0.15, 0.2) is 0 Å². The topological polar surface area (TPSA) is 78.8 Å². The van der Waals surface area contributed by atoms with E-state index in [2.05, 4.69) is 5.32 Å². The highest BCUT2D eigenvalue weighted by molar-refractivity contribution is 5.81. The average Bonchev–Trinajstić information content (AvgIpc) is 2.24. The fourth-order valence-electron chi connectivity index (χ4n) is 0.911. The second-order valence-electron chi connectivity index (χ2n) is 3.32. The molecule has 0 saturated carbocycles. The summed E-state index contributed by atoms with van der Waals surface area (Å²) in [5.74, 6) is -0.336. The van der Waals surface area contributed by atoms with Gasteiger partial charge in [0.25, 0.3) is 0 Å². The van der Waals surface area contributed by atoms with Gasteiger partial charge in [-0.15, -0.1) is 0 Å². The maximum absolute atomic E-state index is 11.4. The van der Waals surface area contributed by atoms with Crippen molar-refractivity contribution in [1.29, 1.82) is 0 Å². The summed E-state index contributed by atoms with van der Waals surface area (Å²) in [6, 6.07) is 0. The number of aliphatic hydroxyl groups excluding tert-OH is 2. The molecular weight excluding hydrogens is 186 g/mol. The molecule has 14 heavy (non-hydrogen) atoms. The summed E-state index contributed by atoms with van der Waals surface area (Å²) < 4.78 is 4.82. The third kappa shape index (κ3) is 3.25. The molecule has 0 bridgehead atoms. The van der Waals surface area contributed by atoms with Crippen molar-refractivity contribution in [2.75, 3.05) is 20.3 Å². The third-order valence-electron chi connectivity index (χ3n) is 2.39. The minimum absolute atomic E-state index is 0.290. The van der Waals surface area contributed by atoms with Crippen molar-refractivity contribution >= 4 is 5.91 Å². The Morgan fingerprint density at radius 1 is 1.50 bits per heavy atom. The first-order valence-corrected chi connectivity index (χ1v) is 4.61. The Bertz CT molecular complexity index is 171. The van der Waals surface area contributed by atoms with E-state index in [9.17, 15) is 4.79 Å². The van der Waals surface area contributed by atoms with Gasteiger partial charge in [0.05, 0.1) is 18.8 Å². The van der Waals surface area contributed by atoms with Crippen LogP contribution in [0, 0.1) is 0 Å². The Hall–Kier alpha value is -0.650. The lowest BCUT2D eigenvalue weighted by molar-refractivity contribution is -0.133. The van der Waals surface area contributed by atoms with Crippen LogP contribution < -0.4 is 5.32 Å². The molecule has 0 aliphatic carbocycles. The Morgan fingerprint density at radius 2 is 2.00 bits per heavy atom. The lowest BCUT2D eigenvalue weighted by Gasteiger charge is -2.30. The van der Waals surface area contributed by atoms with Gasteiger partial charge >= 0.3 is 0 Å². The zero-order valence-electron chi connectivity index (χ0n) is 8.91.